The molecule has 0 spiro atoms. The van der Waals surface area contributed by atoms with Crippen LogP contribution < -0.4 is 0 Å². The van der Waals surface area contributed by atoms with Crippen molar-refractivity contribution in [2.75, 3.05) is 0 Å². The van der Waals surface area contributed by atoms with E-state index < -0.39 is 5.97 Å². The van der Waals surface area contributed by atoms with E-state index in [1.54, 1.807) is 0 Å². The van der Waals surface area contributed by atoms with Crippen LogP contribution in [0, 0.1) is 6.92 Å². The average molecular weight is 244 g/mol. The van der Waals surface area contributed by atoms with E-state index in [4.69, 9.17) is 5.11 Å². The molecule has 0 atom stereocenters. The summed E-state index contributed by atoms with van der Waals surface area (Å²) in [4.78, 5) is 15.0. The fourth-order valence-electron chi connectivity index (χ4n) is 1.88. The maximum absolute atomic E-state index is 10.5. The normalized spacial score (nSPS) is 10.5. The quantitative estimate of drug-likeness (QED) is 0.879. The molecule has 2 aromatic rings. The molecular formula is C14H16N2O2. The molecule has 18 heavy (non-hydrogen) atoms. The Kier molecular flexibility index (Phi) is 3.77. The molecule has 0 unspecified atom stereocenters. The molecule has 0 aliphatic heterocycles. The van der Waals surface area contributed by atoms with Gasteiger partial charge in [0.15, 0.2) is 0 Å². The highest BCUT2D eigenvalue weighted by atomic mass is 16.4. The number of aliphatic carboxylic acids is 1. The number of carboxylic acid groups (broad SMARTS) is 1. The average Bonchev–Trinajstić information content (AvgIpc) is 2.72. The Hall–Kier alpha value is -2.10. The van der Waals surface area contributed by atoms with Crippen molar-refractivity contribution >= 4 is 5.97 Å². The lowest BCUT2D eigenvalue weighted by atomic mass is 10.2. The Morgan fingerprint density at radius 3 is 2.72 bits per heavy atom. The fraction of sp³-hybridized carbons (Fsp3) is 0.286. The van der Waals surface area contributed by atoms with Gasteiger partial charge in [-0.1, -0.05) is 30.3 Å². The van der Waals surface area contributed by atoms with Crippen LogP contribution >= 0.6 is 0 Å². The van der Waals surface area contributed by atoms with Gasteiger partial charge in [0.2, 0.25) is 0 Å². The van der Waals surface area contributed by atoms with Crippen molar-refractivity contribution in [3.63, 3.8) is 0 Å². The minimum absolute atomic E-state index is 0.193. The van der Waals surface area contributed by atoms with Gasteiger partial charge < -0.3 is 9.67 Å². The molecule has 0 radical (unpaired) electrons. The van der Waals surface area contributed by atoms with Crippen LogP contribution in [0.15, 0.2) is 36.5 Å². The smallest absolute Gasteiger partial charge is 0.303 e. The topological polar surface area (TPSA) is 55.1 Å². The number of aryl methyl sites for hydroxylation is 2. The third-order valence-corrected chi connectivity index (χ3v) is 2.84. The van der Waals surface area contributed by atoms with Crippen molar-refractivity contribution in [3.05, 3.63) is 42.4 Å². The van der Waals surface area contributed by atoms with Gasteiger partial charge in [0.05, 0.1) is 5.69 Å². The second kappa shape index (κ2) is 5.49. The van der Waals surface area contributed by atoms with Crippen LogP contribution in [0.1, 0.15) is 18.7 Å². The Bertz CT molecular complexity index is 532. The van der Waals surface area contributed by atoms with Gasteiger partial charge in [0, 0.05) is 24.7 Å². The molecule has 0 saturated heterocycles. The number of benzene rings is 1. The first-order chi connectivity index (χ1) is 8.66. The molecular weight excluding hydrogens is 228 g/mol. The summed E-state index contributed by atoms with van der Waals surface area (Å²) in [5, 5.41) is 8.62. The van der Waals surface area contributed by atoms with E-state index in [0.29, 0.717) is 13.0 Å². The van der Waals surface area contributed by atoms with Crippen molar-refractivity contribution in [2.45, 2.75) is 26.3 Å². The standard InChI is InChI=1S/C14H16N2O2/c1-11-15-13(12-6-3-2-4-7-12)10-16(11)9-5-8-14(17)18/h2-4,6-7,10H,5,8-9H2,1H3,(H,17,18). The third kappa shape index (κ3) is 2.97. The van der Waals surface area contributed by atoms with E-state index in [1.807, 2.05) is 48.0 Å². The van der Waals surface area contributed by atoms with Crippen molar-refractivity contribution in [2.24, 2.45) is 0 Å². The zero-order valence-corrected chi connectivity index (χ0v) is 10.3. The van der Waals surface area contributed by atoms with Crippen molar-refractivity contribution < 1.29 is 9.90 Å². The largest absolute Gasteiger partial charge is 0.481 e. The number of hydrogen-bond donors (Lipinski definition) is 1. The monoisotopic (exact) mass is 244 g/mol. The minimum Gasteiger partial charge on any atom is -0.481 e. The predicted molar refractivity (Wildman–Crippen MR) is 69.3 cm³/mol. The molecule has 1 aromatic heterocycles. The second-order valence-electron chi connectivity index (χ2n) is 4.23. The molecule has 1 N–H and O–H groups in total. The van der Waals surface area contributed by atoms with Gasteiger partial charge in [0.25, 0.3) is 0 Å². The van der Waals surface area contributed by atoms with E-state index in [1.165, 1.54) is 0 Å². The first-order valence-corrected chi connectivity index (χ1v) is 5.98. The van der Waals surface area contributed by atoms with Crippen LogP contribution in [0.2, 0.25) is 0 Å². The molecule has 2 rings (SSSR count). The zero-order chi connectivity index (χ0) is 13.0. The molecule has 94 valence electrons. The molecule has 0 aliphatic carbocycles. The van der Waals surface area contributed by atoms with Gasteiger partial charge in [-0.15, -0.1) is 0 Å². The number of carbonyl (C=O) groups is 1. The maximum Gasteiger partial charge on any atom is 0.303 e. The van der Waals surface area contributed by atoms with E-state index >= 15 is 0 Å². The van der Waals surface area contributed by atoms with Crippen LogP contribution in [-0.2, 0) is 11.3 Å². The Balaban J connectivity index is 2.10. The summed E-state index contributed by atoms with van der Waals surface area (Å²) in [7, 11) is 0. The Morgan fingerprint density at radius 2 is 2.06 bits per heavy atom. The zero-order valence-electron chi connectivity index (χ0n) is 10.3. The van der Waals surface area contributed by atoms with E-state index in [9.17, 15) is 4.79 Å². The molecule has 1 aromatic carbocycles. The fourth-order valence-corrected chi connectivity index (χ4v) is 1.88. The summed E-state index contributed by atoms with van der Waals surface area (Å²) < 4.78 is 2.01. The SMILES string of the molecule is Cc1nc(-c2ccccc2)cn1CCCC(=O)O. The van der Waals surface area contributed by atoms with Gasteiger partial charge in [-0.3, -0.25) is 4.79 Å². The summed E-state index contributed by atoms with van der Waals surface area (Å²) >= 11 is 0. The highest BCUT2D eigenvalue weighted by molar-refractivity contribution is 5.66. The second-order valence-corrected chi connectivity index (χ2v) is 4.23. The molecule has 0 fully saturated rings. The van der Waals surface area contributed by atoms with Crippen LogP contribution in [-0.4, -0.2) is 20.6 Å². The third-order valence-electron chi connectivity index (χ3n) is 2.84. The first-order valence-electron chi connectivity index (χ1n) is 5.98. The van der Waals surface area contributed by atoms with E-state index in [0.717, 1.165) is 17.1 Å². The predicted octanol–water partition coefficient (Wildman–Crippen LogP) is 2.72. The highest BCUT2D eigenvalue weighted by Crippen LogP contribution is 2.18. The van der Waals surface area contributed by atoms with Crippen molar-refractivity contribution in [3.8, 4) is 11.3 Å². The van der Waals surface area contributed by atoms with E-state index in [-0.39, 0.29) is 6.42 Å². The number of hydrogen-bond acceptors (Lipinski definition) is 2. The van der Waals surface area contributed by atoms with Gasteiger partial charge in [-0.25, -0.2) is 4.98 Å². The summed E-state index contributed by atoms with van der Waals surface area (Å²) in [5.41, 5.74) is 2.01. The molecule has 1 heterocycles. The summed E-state index contributed by atoms with van der Waals surface area (Å²) in [6.45, 7) is 2.63. The number of rotatable bonds is 5. The van der Waals surface area contributed by atoms with Crippen molar-refractivity contribution in [1.29, 1.82) is 0 Å². The number of carboxylic acids is 1. The van der Waals surface area contributed by atoms with Gasteiger partial charge in [0.1, 0.15) is 5.82 Å². The Labute approximate surface area is 106 Å². The lowest BCUT2D eigenvalue weighted by Gasteiger charge is -2.02. The summed E-state index contributed by atoms with van der Waals surface area (Å²) in [5.74, 6) is 0.162. The van der Waals surface area contributed by atoms with Crippen molar-refractivity contribution in [1.82, 2.24) is 9.55 Å². The first kappa shape index (κ1) is 12.4. The lowest BCUT2D eigenvalue weighted by molar-refractivity contribution is -0.137. The summed E-state index contributed by atoms with van der Waals surface area (Å²) in [6.07, 6.45) is 2.80. The molecule has 0 bridgehead atoms. The number of aromatic nitrogens is 2. The van der Waals surface area contributed by atoms with Gasteiger partial charge >= 0.3 is 5.97 Å². The molecule has 4 heteroatoms. The number of imidazole rings is 1. The minimum atomic E-state index is -0.754. The van der Waals surface area contributed by atoms with E-state index in [2.05, 4.69) is 4.98 Å². The van der Waals surface area contributed by atoms with Crippen LogP contribution in [0.4, 0.5) is 0 Å². The van der Waals surface area contributed by atoms with Gasteiger partial charge in [-0.05, 0) is 13.3 Å². The Morgan fingerprint density at radius 1 is 1.33 bits per heavy atom. The van der Waals surface area contributed by atoms with Crippen LogP contribution in [0.3, 0.4) is 0 Å². The highest BCUT2D eigenvalue weighted by Gasteiger charge is 2.06. The maximum atomic E-state index is 10.5. The molecule has 4 nitrogen and oxygen atoms in total. The van der Waals surface area contributed by atoms with Crippen LogP contribution in [0.25, 0.3) is 11.3 Å². The summed E-state index contributed by atoms with van der Waals surface area (Å²) in [6, 6.07) is 9.97. The number of nitrogens with zero attached hydrogens (tertiary/aromatic N) is 2. The molecule has 0 amide bonds. The molecule has 0 saturated carbocycles. The van der Waals surface area contributed by atoms with Gasteiger partial charge in [-0.2, -0.15) is 0 Å². The lowest BCUT2D eigenvalue weighted by Crippen LogP contribution is -2.02. The van der Waals surface area contributed by atoms with Crippen LogP contribution in [0.5, 0.6) is 0 Å². The molecule has 0 aliphatic rings.